The minimum atomic E-state index is 0.137. The zero-order valence-electron chi connectivity index (χ0n) is 52.4. The lowest BCUT2D eigenvalue weighted by Gasteiger charge is -2.54. The fourth-order valence-corrected chi connectivity index (χ4v) is 15.3. The average Bonchev–Trinajstić information content (AvgIpc) is 0.749. The highest BCUT2D eigenvalue weighted by Gasteiger charge is 2.50. The highest BCUT2D eigenvalue weighted by atomic mass is 16.3. The molecule has 2 N–H and O–H groups in total. The summed E-state index contributed by atoms with van der Waals surface area (Å²) in [6.45, 7) is 0. The van der Waals surface area contributed by atoms with Gasteiger partial charge in [-0.15, -0.1) is 0 Å². The molecule has 0 radical (unpaired) electrons. The van der Waals surface area contributed by atoms with Gasteiger partial charge in [0.15, 0.2) is 0 Å². The van der Waals surface area contributed by atoms with Crippen LogP contribution in [0.25, 0.3) is 123 Å². The Morgan fingerprint density at radius 2 is 0.404 bits per heavy atom. The van der Waals surface area contributed by atoms with E-state index in [4.69, 9.17) is 0 Å². The number of fused-ring (bicyclic) bond motifs is 3. The first-order valence-corrected chi connectivity index (χ1v) is 33.0. The van der Waals surface area contributed by atoms with Crippen molar-refractivity contribution < 1.29 is 19.3 Å². The van der Waals surface area contributed by atoms with Crippen LogP contribution in [0.1, 0.15) is 49.7 Å². The van der Waals surface area contributed by atoms with Gasteiger partial charge in [0.05, 0.1) is 0 Å². The molecule has 0 amide bonds. The van der Waals surface area contributed by atoms with Gasteiger partial charge < -0.3 is 10.2 Å². The van der Waals surface area contributed by atoms with Crippen LogP contribution in [-0.4, -0.2) is 10.2 Å². The maximum absolute atomic E-state index is 12.1. The lowest BCUT2D eigenvalue weighted by atomic mass is 9.50. The summed E-state index contributed by atoms with van der Waals surface area (Å²) < 4.78 is 4.76. The van der Waals surface area contributed by atoms with E-state index in [2.05, 4.69) is 276 Å². The van der Waals surface area contributed by atoms with Crippen LogP contribution in [0.15, 0.2) is 340 Å². The van der Waals surface area contributed by atoms with Crippen molar-refractivity contribution in [3.8, 4) is 135 Å². The quantitative estimate of drug-likeness (QED) is 0.107. The van der Waals surface area contributed by atoms with Gasteiger partial charge in [-0.2, -0.15) is 9.13 Å². The van der Waals surface area contributed by atoms with E-state index in [-0.39, 0.29) is 22.3 Å². The number of aromatic nitrogens is 2. The number of benzene rings is 12. The average molecular weight is 1210 g/mol. The molecule has 4 heteroatoms. The van der Waals surface area contributed by atoms with Crippen molar-refractivity contribution in [2.75, 3.05) is 0 Å². The third kappa shape index (κ3) is 10.8. The lowest BCUT2D eigenvalue weighted by molar-refractivity contribution is -0.572. The number of hydrogen-bond donors (Lipinski definition) is 2. The summed E-state index contributed by atoms with van der Waals surface area (Å²) in [5, 5.41) is 24.3. The molecule has 4 nitrogen and oxygen atoms in total. The van der Waals surface area contributed by atoms with E-state index in [0.29, 0.717) is 0 Å². The molecule has 3 saturated carbocycles. The molecule has 450 valence electrons. The standard InChI is InChI=1S/C90H68N2O2/c93-87-79(65-25-9-1-10-26-65)59-77(60-80(87)66-27-11-2-12-28-66)91-83(69-33-17-5-18-34-69)55-73(56-84(91)70-35-19-6-20-36-70)63-41-45-75(46-42-63)89-49-52-90(53-50-89,54-51-89)76-47-43-64(44-48-76)74-57-85(71-37-21-7-22-38-71)92(86(58-74)72-39-23-8-24-40-72)78-61-81(67-29-13-3-14-30-67)88(94)82(62-78)68-31-15-4-16-32-68/h1-48,55-62H,49-54H2/p+2. The number of phenolic OH excluding ortho intramolecular Hbond substituents is 2. The van der Waals surface area contributed by atoms with Gasteiger partial charge in [-0.3, -0.25) is 0 Å². The van der Waals surface area contributed by atoms with E-state index in [1.54, 1.807) is 0 Å². The van der Waals surface area contributed by atoms with Crippen LogP contribution in [0.5, 0.6) is 11.5 Å². The predicted octanol–water partition coefficient (Wildman–Crippen LogP) is 21.9. The predicted molar refractivity (Wildman–Crippen MR) is 385 cm³/mol. The van der Waals surface area contributed by atoms with E-state index in [9.17, 15) is 10.2 Å². The molecule has 3 aliphatic carbocycles. The number of pyridine rings is 2. The summed E-state index contributed by atoms with van der Waals surface area (Å²) in [5.41, 5.74) is 25.3. The van der Waals surface area contributed by atoms with Crippen LogP contribution in [-0.2, 0) is 10.8 Å². The van der Waals surface area contributed by atoms with Crippen LogP contribution in [0, 0.1) is 0 Å². The van der Waals surface area contributed by atoms with Gasteiger partial charge in [-0.1, -0.05) is 243 Å². The van der Waals surface area contributed by atoms with Crippen molar-refractivity contribution in [1.29, 1.82) is 0 Å². The van der Waals surface area contributed by atoms with Gasteiger partial charge >= 0.3 is 0 Å². The minimum absolute atomic E-state index is 0.137. The van der Waals surface area contributed by atoms with Crippen LogP contribution < -0.4 is 9.13 Å². The fourth-order valence-electron chi connectivity index (χ4n) is 15.3. The van der Waals surface area contributed by atoms with E-state index < -0.39 is 0 Å². The highest BCUT2D eigenvalue weighted by molar-refractivity contribution is 5.87. The maximum Gasteiger partial charge on any atom is 0.219 e. The third-order valence-electron chi connectivity index (χ3n) is 20.4. The first-order chi connectivity index (χ1) is 46.3. The van der Waals surface area contributed by atoms with Crippen molar-refractivity contribution in [3.05, 3.63) is 351 Å². The van der Waals surface area contributed by atoms with Gasteiger partial charge in [-0.25, -0.2) is 0 Å². The summed E-state index contributed by atoms with van der Waals surface area (Å²) in [4.78, 5) is 0. The Kier molecular flexibility index (Phi) is 15.1. The fraction of sp³-hybridized carbons (Fsp3) is 0.0889. The van der Waals surface area contributed by atoms with Crippen molar-refractivity contribution in [3.63, 3.8) is 0 Å². The second-order valence-electron chi connectivity index (χ2n) is 25.6. The Balaban J connectivity index is 0.726. The zero-order valence-corrected chi connectivity index (χ0v) is 52.4. The number of phenols is 2. The Labute approximate surface area is 551 Å². The summed E-state index contributed by atoms with van der Waals surface area (Å²) in [6, 6.07) is 121. The van der Waals surface area contributed by atoms with Crippen LogP contribution in [0.3, 0.4) is 0 Å². The molecule has 2 aromatic heterocycles. The molecule has 0 aliphatic heterocycles. The molecular formula is C90H70N2O2+2. The molecule has 0 spiro atoms. The topological polar surface area (TPSA) is 48.2 Å². The Morgan fingerprint density at radius 3 is 0.617 bits per heavy atom. The van der Waals surface area contributed by atoms with Gasteiger partial charge in [0.2, 0.25) is 34.2 Å². The van der Waals surface area contributed by atoms with E-state index >= 15 is 0 Å². The number of hydrogen-bond acceptors (Lipinski definition) is 2. The number of nitrogens with zero attached hydrogens (tertiary/aromatic N) is 2. The van der Waals surface area contributed by atoms with Crippen molar-refractivity contribution in [1.82, 2.24) is 0 Å². The Bertz CT molecular complexity index is 4430. The molecule has 14 aromatic rings. The number of rotatable bonds is 14. The number of aromatic hydroxyl groups is 2. The maximum atomic E-state index is 12.1. The van der Waals surface area contributed by atoms with E-state index in [1.807, 2.05) is 72.8 Å². The summed E-state index contributed by atoms with van der Waals surface area (Å²) >= 11 is 0. The molecule has 2 bridgehead atoms. The summed E-state index contributed by atoms with van der Waals surface area (Å²) in [7, 11) is 0. The lowest BCUT2D eigenvalue weighted by Crippen LogP contribution is -2.46. The second-order valence-corrected chi connectivity index (χ2v) is 25.6. The van der Waals surface area contributed by atoms with E-state index in [0.717, 1.165) is 151 Å². The minimum Gasteiger partial charge on any atom is -0.507 e. The molecule has 3 fully saturated rings. The largest absolute Gasteiger partial charge is 0.507 e. The Morgan fingerprint density at radius 1 is 0.202 bits per heavy atom. The first-order valence-electron chi connectivity index (χ1n) is 33.0. The third-order valence-corrected chi connectivity index (χ3v) is 20.4. The van der Waals surface area contributed by atoms with E-state index in [1.165, 1.54) is 22.3 Å². The highest BCUT2D eigenvalue weighted by Crippen LogP contribution is 2.59. The van der Waals surface area contributed by atoms with Gasteiger partial charge in [-0.05, 0) is 154 Å². The molecule has 94 heavy (non-hydrogen) atoms. The molecule has 17 rings (SSSR count). The van der Waals surface area contributed by atoms with Gasteiger partial charge in [0.25, 0.3) is 0 Å². The molecule has 0 unspecified atom stereocenters. The van der Waals surface area contributed by atoms with Crippen molar-refractivity contribution >= 4 is 0 Å². The summed E-state index contributed by atoms with van der Waals surface area (Å²) in [6.07, 6.45) is 6.96. The van der Waals surface area contributed by atoms with Crippen LogP contribution >= 0.6 is 0 Å². The molecule has 0 atom stereocenters. The SMILES string of the molecule is Oc1c(-c2ccccc2)cc(-[n+]2c(-c3ccccc3)cc(-c3ccc(C45CCC(c6ccc(-c7cc(-c8ccccc8)[n+](-c8cc(-c9ccccc9)c(O)c(-c9ccccc9)c8)c(-c8ccccc8)c7)cc6)(CC4)CC5)cc3)cc2-c2ccccc2)cc1-c1ccccc1. The zero-order chi connectivity index (χ0) is 63.0. The van der Waals surface area contributed by atoms with Gasteiger partial charge in [0, 0.05) is 93.0 Å². The van der Waals surface area contributed by atoms with Crippen molar-refractivity contribution in [2.45, 2.75) is 49.4 Å². The smallest absolute Gasteiger partial charge is 0.219 e. The second kappa shape index (κ2) is 24.6. The normalized spacial score (nSPS) is 15.8. The summed E-state index contributed by atoms with van der Waals surface area (Å²) in [5.74, 6) is 0.518. The van der Waals surface area contributed by atoms with Crippen molar-refractivity contribution in [2.24, 2.45) is 0 Å². The first kappa shape index (κ1) is 57.7. The molecule has 12 aromatic carbocycles. The molecule has 0 saturated heterocycles. The van der Waals surface area contributed by atoms with Crippen LogP contribution in [0.2, 0.25) is 0 Å². The van der Waals surface area contributed by atoms with Crippen LogP contribution in [0.4, 0.5) is 0 Å². The molecule has 3 aliphatic rings. The Hall–Kier alpha value is -11.5. The molecular weight excluding hydrogens is 1140 g/mol. The van der Waals surface area contributed by atoms with Gasteiger partial charge in [0.1, 0.15) is 11.5 Å². The molecule has 2 heterocycles. The monoisotopic (exact) mass is 1210 g/mol.